The molecule has 0 radical (unpaired) electrons. The van der Waals surface area contributed by atoms with Gasteiger partial charge in [-0.25, -0.2) is 0 Å². The van der Waals surface area contributed by atoms with Gasteiger partial charge in [0, 0.05) is 19.0 Å². The number of rotatable bonds is 1. The number of likely N-dealkylation sites (tertiary alicyclic amines) is 1. The molecule has 0 aromatic carbocycles. The third-order valence-electron chi connectivity index (χ3n) is 4.26. The van der Waals surface area contributed by atoms with Gasteiger partial charge >= 0.3 is 0 Å². The maximum absolute atomic E-state index is 8.15. The molecule has 16 heavy (non-hydrogen) atoms. The van der Waals surface area contributed by atoms with Gasteiger partial charge in [0.25, 0.3) is 0 Å². The van der Waals surface area contributed by atoms with Gasteiger partial charge in [0.05, 0.1) is 5.84 Å². The first-order valence-electron chi connectivity index (χ1n) is 6.82. The lowest BCUT2D eigenvalue weighted by Gasteiger charge is -2.30. The third-order valence-corrected chi connectivity index (χ3v) is 4.26. The van der Waals surface area contributed by atoms with Crippen LogP contribution >= 0.6 is 0 Å². The van der Waals surface area contributed by atoms with Gasteiger partial charge in [-0.2, -0.15) is 0 Å². The highest BCUT2D eigenvalue weighted by Gasteiger charge is 2.32. The van der Waals surface area contributed by atoms with Crippen molar-refractivity contribution >= 4 is 5.84 Å². The summed E-state index contributed by atoms with van der Waals surface area (Å²) in [7, 11) is 0. The van der Waals surface area contributed by atoms with Gasteiger partial charge < -0.3 is 4.90 Å². The predicted octanol–water partition coefficient (Wildman–Crippen LogP) is 3.52. The molecule has 1 saturated heterocycles. The molecule has 92 valence electrons. The van der Waals surface area contributed by atoms with Crippen LogP contribution in [-0.4, -0.2) is 23.8 Å². The van der Waals surface area contributed by atoms with E-state index in [0.29, 0.717) is 11.3 Å². The summed E-state index contributed by atoms with van der Waals surface area (Å²) in [5, 5.41) is 8.15. The van der Waals surface area contributed by atoms with Crippen LogP contribution in [0.2, 0.25) is 0 Å². The summed E-state index contributed by atoms with van der Waals surface area (Å²) in [6.07, 6.45) is 6.42. The topological polar surface area (TPSA) is 27.1 Å². The van der Waals surface area contributed by atoms with Gasteiger partial charge in [0.1, 0.15) is 0 Å². The van der Waals surface area contributed by atoms with Crippen molar-refractivity contribution in [2.75, 3.05) is 13.1 Å². The van der Waals surface area contributed by atoms with E-state index in [1.54, 1.807) is 0 Å². The van der Waals surface area contributed by atoms with Crippen molar-refractivity contribution in [3.63, 3.8) is 0 Å². The molecule has 0 aromatic heterocycles. The van der Waals surface area contributed by atoms with Crippen LogP contribution in [0.1, 0.15) is 52.9 Å². The van der Waals surface area contributed by atoms with Crippen LogP contribution in [0.4, 0.5) is 0 Å². The molecule has 2 fully saturated rings. The standard InChI is InChI=1S/C14H26N2/c1-14(2,3)12-5-4-9-16(10-8-12)13(15)11-6-7-11/h11-12,15H,4-10H2,1-3H3. The van der Waals surface area contributed by atoms with Crippen LogP contribution in [0.5, 0.6) is 0 Å². The Labute approximate surface area is 99.9 Å². The Hall–Kier alpha value is -0.530. The first-order valence-corrected chi connectivity index (χ1v) is 6.82. The lowest BCUT2D eigenvalue weighted by molar-refractivity contribution is 0.216. The molecule has 0 bridgehead atoms. The van der Waals surface area contributed by atoms with E-state index in [-0.39, 0.29) is 0 Å². The van der Waals surface area contributed by atoms with Crippen molar-refractivity contribution < 1.29 is 0 Å². The maximum Gasteiger partial charge on any atom is 0.0989 e. The van der Waals surface area contributed by atoms with Gasteiger partial charge in [-0.15, -0.1) is 0 Å². The summed E-state index contributed by atoms with van der Waals surface area (Å²) in [6.45, 7) is 9.33. The molecule has 2 aliphatic rings. The van der Waals surface area contributed by atoms with Gasteiger partial charge in [0.2, 0.25) is 0 Å². The molecule has 2 rings (SSSR count). The monoisotopic (exact) mass is 222 g/mol. The van der Waals surface area contributed by atoms with E-state index in [2.05, 4.69) is 25.7 Å². The van der Waals surface area contributed by atoms with Crippen molar-refractivity contribution in [1.29, 1.82) is 5.41 Å². The minimum Gasteiger partial charge on any atom is -0.360 e. The van der Waals surface area contributed by atoms with E-state index in [1.807, 2.05) is 0 Å². The van der Waals surface area contributed by atoms with E-state index in [1.165, 1.54) is 32.1 Å². The quantitative estimate of drug-likeness (QED) is 0.533. The largest absolute Gasteiger partial charge is 0.360 e. The first kappa shape index (κ1) is 11.9. The van der Waals surface area contributed by atoms with Crippen LogP contribution in [0.3, 0.4) is 0 Å². The summed E-state index contributed by atoms with van der Waals surface area (Å²) in [5.74, 6) is 2.39. The second-order valence-corrected chi connectivity index (χ2v) is 6.64. The summed E-state index contributed by atoms with van der Waals surface area (Å²) in [6, 6.07) is 0. The van der Waals surface area contributed by atoms with E-state index in [0.717, 1.165) is 24.8 Å². The summed E-state index contributed by atoms with van der Waals surface area (Å²) in [5.41, 5.74) is 0.442. The van der Waals surface area contributed by atoms with Crippen LogP contribution in [-0.2, 0) is 0 Å². The summed E-state index contributed by atoms with van der Waals surface area (Å²) >= 11 is 0. The van der Waals surface area contributed by atoms with Crippen LogP contribution < -0.4 is 0 Å². The molecule has 0 spiro atoms. The first-order chi connectivity index (χ1) is 7.48. The molecular formula is C14H26N2. The minimum atomic E-state index is 0.442. The van der Waals surface area contributed by atoms with E-state index in [4.69, 9.17) is 5.41 Å². The lowest BCUT2D eigenvalue weighted by Crippen LogP contribution is -2.33. The average molecular weight is 222 g/mol. The molecule has 0 amide bonds. The zero-order chi connectivity index (χ0) is 11.8. The van der Waals surface area contributed by atoms with Gasteiger partial charge in [-0.05, 0) is 43.4 Å². The molecule has 1 aliphatic heterocycles. The number of hydrogen-bond donors (Lipinski definition) is 1. The highest BCUT2D eigenvalue weighted by atomic mass is 15.2. The van der Waals surface area contributed by atoms with E-state index < -0.39 is 0 Å². The summed E-state index contributed by atoms with van der Waals surface area (Å²) < 4.78 is 0. The Morgan fingerprint density at radius 1 is 1.06 bits per heavy atom. The fraction of sp³-hybridized carbons (Fsp3) is 0.929. The number of nitrogens with one attached hydrogen (secondary N) is 1. The van der Waals surface area contributed by atoms with Crippen molar-refractivity contribution in [1.82, 2.24) is 4.90 Å². The fourth-order valence-corrected chi connectivity index (χ4v) is 2.82. The van der Waals surface area contributed by atoms with Crippen LogP contribution in [0.15, 0.2) is 0 Å². The average Bonchev–Trinajstić information content (AvgIpc) is 3.02. The molecule has 0 aromatic rings. The molecule has 1 N–H and O–H groups in total. The molecule has 1 aliphatic carbocycles. The minimum absolute atomic E-state index is 0.442. The molecule has 1 saturated carbocycles. The van der Waals surface area contributed by atoms with E-state index in [9.17, 15) is 0 Å². The van der Waals surface area contributed by atoms with Crippen molar-refractivity contribution in [3.8, 4) is 0 Å². The number of nitrogens with zero attached hydrogens (tertiary/aromatic N) is 1. The highest BCUT2D eigenvalue weighted by molar-refractivity contribution is 5.83. The Morgan fingerprint density at radius 2 is 1.75 bits per heavy atom. The Balaban J connectivity index is 1.90. The summed E-state index contributed by atoms with van der Waals surface area (Å²) in [4.78, 5) is 2.35. The zero-order valence-electron chi connectivity index (χ0n) is 11.1. The Morgan fingerprint density at radius 3 is 2.31 bits per heavy atom. The van der Waals surface area contributed by atoms with Crippen LogP contribution in [0.25, 0.3) is 0 Å². The molecule has 2 nitrogen and oxygen atoms in total. The Bertz CT molecular complexity index is 260. The van der Waals surface area contributed by atoms with Gasteiger partial charge in [-0.1, -0.05) is 20.8 Å². The fourth-order valence-electron chi connectivity index (χ4n) is 2.82. The van der Waals surface area contributed by atoms with E-state index >= 15 is 0 Å². The van der Waals surface area contributed by atoms with Crippen molar-refractivity contribution in [2.24, 2.45) is 17.3 Å². The van der Waals surface area contributed by atoms with Gasteiger partial charge in [0.15, 0.2) is 0 Å². The molecule has 2 heteroatoms. The molecule has 1 heterocycles. The second-order valence-electron chi connectivity index (χ2n) is 6.64. The van der Waals surface area contributed by atoms with Gasteiger partial charge in [-0.3, -0.25) is 5.41 Å². The number of amidine groups is 1. The third kappa shape index (κ3) is 2.78. The lowest BCUT2D eigenvalue weighted by atomic mass is 9.77. The highest BCUT2D eigenvalue weighted by Crippen LogP contribution is 2.36. The predicted molar refractivity (Wildman–Crippen MR) is 68.8 cm³/mol. The normalized spacial score (nSPS) is 27.7. The molecule has 1 atom stereocenters. The molecule has 1 unspecified atom stereocenters. The SMILES string of the molecule is CC(C)(C)C1CCCN(C(=N)C2CC2)CC1. The smallest absolute Gasteiger partial charge is 0.0989 e. The van der Waals surface area contributed by atoms with Crippen LogP contribution in [0, 0.1) is 22.7 Å². The molecular weight excluding hydrogens is 196 g/mol. The van der Waals surface area contributed by atoms with Crippen molar-refractivity contribution in [2.45, 2.75) is 52.9 Å². The maximum atomic E-state index is 8.15. The Kier molecular flexibility index (Phi) is 3.27. The zero-order valence-corrected chi connectivity index (χ0v) is 11.1. The second kappa shape index (κ2) is 4.38. The van der Waals surface area contributed by atoms with Crippen molar-refractivity contribution in [3.05, 3.63) is 0 Å². The number of hydrogen-bond acceptors (Lipinski definition) is 1.